The Labute approximate surface area is 123 Å². The maximum absolute atomic E-state index is 3.57. The van der Waals surface area contributed by atoms with Crippen LogP contribution >= 0.6 is 43.6 Å². The van der Waals surface area contributed by atoms with Crippen molar-refractivity contribution in [2.45, 2.75) is 11.5 Å². The number of halogens is 2. The number of hydrogen-bond donors (Lipinski definition) is 0. The van der Waals surface area contributed by atoms with Gasteiger partial charge < -0.3 is 0 Å². The monoisotopic (exact) mass is 370 g/mol. The minimum absolute atomic E-state index is 1.03. The van der Waals surface area contributed by atoms with Crippen LogP contribution in [0.2, 0.25) is 0 Å². The predicted octanol–water partition coefficient (Wildman–Crippen LogP) is 5.65. The van der Waals surface area contributed by atoms with Crippen molar-refractivity contribution < 1.29 is 0 Å². The van der Waals surface area contributed by atoms with Gasteiger partial charge in [-0.2, -0.15) is 11.8 Å². The summed E-state index contributed by atoms with van der Waals surface area (Å²) in [6.45, 7) is 0. The van der Waals surface area contributed by atoms with Gasteiger partial charge in [-0.3, -0.25) is 0 Å². The highest BCUT2D eigenvalue weighted by atomic mass is 79.9. The smallest absolute Gasteiger partial charge is 0.0215 e. The van der Waals surface area contributed by atoms with E-state index in [0.717, 1.165) is 11.5 Å². The van der Waals surface area contributed by atoms with E-state index < -0.39 is 0 Å². The molecule has 88 valence electrons. The van der Waals surface area contributed by atoms with Gasteiger partial charge in [0.25, 0.3) is 0 Å². The van der Waals surface area contributed by atoms with Gasteiger partial charge in [0.1, 0.15) is 0 Å². The summed E-state index contributed by atoms with van der Waals surface area (Å²) >= 11 is 9.08. The molecule has 0 radical (unpaired) electrons. The van der Waals surface area contributed by atoms with Crippen molar-refractivity contribution in [1.82, 2.24) is 0 Å². The first-order chi connectivity index (χ1) is 8.27. The fourth-order valence-corrected chi connectivity index (χ4v) is 3.77. The van der Waals surface area contributed by atoms with Crippen LogP contribution in [0.4, 0.5) is 0 Å². The summed E-state index contributed by atoms with van der Waals surface area (Å²) in [4.78, 5) is 0. The van der Waals surface area contributed by atoms with E-state index in [0.29, 0.717) is 0 Å². The molecule has 2 aromatic carbocycles. The lowest BCUT2D eigenvalue weighted by atomic mass is 10.2. The fraction of sp³-hybridized carbons (Fsp3) is 0.143. The third kappa shape index (κ3) is 3.87. The average molecular weight is 372 g/mol. The van der Waals surface area contributed by atoms with E-state index in [2.05, 4.69) is 68.3 Å². The average Bonchev–Trinajstić information content (AvgIpc) is 2.34. The third-order valence-electron chi connectivity index (χ3n) is 2.43. The van der Waals surface area contributed by atoms with Crippen LogP contribution in [0.15, 0.2) is 57.5 Å². The molecule has 0 saturated carbocycles. The minimum atomic E-state index is 1.03. The second-order valence-corrected chi connectivity index (χ2v) is 6.37. The van der Waals surface area contributed by atoms with Crippen LogP contribution in [0.25, 0.3) is 0 Å². The summed E-state index contributed by atoms with van der Waals surface area (Å²) < 4.78 is 2.39. The Bertz CT molecular complexity index is 452. The van der Waals surface area contributed by atoms with Crippen LogP contribution < -0.4 is 0 Å². The molecule has 0 aliphatic rings. The Morgan fingerprint density at radius 3 is 1.53 bits per heavy atom. The Balaban J connectivity index is 1.93. The molecule has 0 nitrogen and oxygen atoms in total. The molecule has 0 N–H and O–H groups in total. The van der Waals surface area contributed by atoms with Crippen LogP contribution in [-0.4, -0.2) is 0 Å². The van der Waals surface area contributed by atoms with E-state index >= 15 is 0 Å². The van der Waals surface area contributed by atoms with Gasteiger partial charge in [-0.1, -0.05) is 68.3 Å². The molecule has 0 saturated heterocycles. The molecule has 2 aromatic rings. The summed E-state index contributed by atoms with van der Waals surface area (Å²) in [5.41, 5.74) is 2.70. The summed E-state index contributed by atoms with van der Waals surface area (Å²) in [6.07, 6.45) is 0. The molecule has 0 amide bonds. The first kappa shape index (κ1) is 13.2. The molecule has 0 aliphatic heterocycles. The first-order valence-corrected chi connectivity index (χ1v) is 8.06. The molecule has 0 atom stereocenters. The fourth-order valence-electron chi connectivity index (χ4n) is 1.50. The predicted molar refractivity (Wildman–Crippen MR) is 83.3 cm³/mol. The Hall–Kier alpha value is -0.250. The van der Waals surface area contributed by atoms with Gasteiger partial charge in [0.05, 0.1) is 0 Å². The topological polar surface area (TPSA) is 0 Å². The van der Waals surface area contributed by atoms with E-state index in [1.54, 1.807) is 0 Å². The van der Waals surface area contributed by atoms with Crippen molar-refractivity contribution in [2.24, 2.45) is 0 Å². The largest absolute Gasteiger partial charge is 0.152 e. The lowest BCUT2D eigenvalue weighted by Gasteiger charge is -2.06. The number of thioether (sulfide) groups is 1. The Kier molecular flexibility index (Phi) is 5.14. The quantitative estimate of drug-likeness (QED) is 0.669. The number of rotatable bonds is 4. The van der Waals surface area contributed by atoms with Gasteiger partial charge in [-0.15, -0.1) is 0 Å². The van der Waals surface area contributed by atoms with Crippen molar-refractivity contribution in [3.63, 3.8) is 0 Å². The van der Waals surface area contributed by atoms with Crippen molar-refractivity contribution in [1.29, 1.82) is 0 Å². The van der Waals surface area contributed by atoms with E-state index in [-0.39, 0.29) is 0 Å². The molecular formula is C14H12Br2S. The van der Waals surface area contributed by atoms with Gasteiger partial charge in [-0.25, -0.2) is 0 Å². The lowest BCUT2D eigenvalue weighted by Crippen LogP contribution is -1.85. The minimum Gasteiger partial charge on any atom is -0.152 e. The molecule has 2 rings (SSSR count). The standard InChI is InChI=1S/C14H12Br2S/c15-13-7-3-1-5-11(13)9-17-10-12-6-2-4-8-14(12)16/h1-8H,9-10H2. The van der Waals surface area contributed by atoms with Gasteiger partial charge in [0.15, 0.2) is 0 Å². The van der Waals surface area contributed by atoms with Crippen LogP contribution in [0.3, 0.4) is 0 Å². The number of hydrogen-bond acceptors (Lipinski definition) is 1. The van der Waals surface area contributed by atoms with E-state index in [9.17, 15) is 0 Å². The highest BCUT2D eigenvalue weighted by molar-refractivity contribution is 9.10. The Morgan fingerprint density at radius 1 is 0.706 bits per heavy atom. The summed E-state index contributed by atoms with van der Waals surface area (Å²) in [5.74, 6) is 2.06. The van der Waals surface area contributed by atoms with Gasteiger partial charge in [-0.05, 0) is 23.3 Å². The first-order valence-electron chi connectivity index (χ1n) is 5.32. The highest BCUT2D eigenvalue weighted by Crippen LogP contribution is 2.26. The van der Waals surface area contributed by atoms with Gasteiger partial charge >= 0.3 is 0 Å². The van der Waals surface area contributed by atoms with Gasteiger partial charge in [0.2, 0.25) is 0 Å². The molecule has 0 spiro atoms. The van der Waals surface area contributed by atoms with E-state index in [4.69, 9.17) is 0 Å². The zero-order valence-corrected chi connectivity index (χ0v) is 13.2. The third-order valence-corrected chi connectivity index (χ3v) is 5.01. The van der Waals surface area contributed by atoms with Crippen LogP contribution in [0, 0.1) is 0 Å². The van der Waals surface area contributed by atoms with E-state index in [1.807, 2.05) is 23.9 Å². The molecule has 0 fully saturated rings. The lowest BCUT2D eigenvalue weighted by molar-refractivity contribution is 1.33. The molecule has 0 heterocycles. The summed E-state index contributed by atoms with van der Waals surface area (Å²) in [6, 6.07) is 16.8. The molecule has 3 heteroatoms. The van der Waals surface area contributed by atoms with Crippen molar-refractivity contribution >= 4 is 43.6 Å². The van der Waals surface area contributed by atoms with Crippen molar-refractivity contribution in [2.75, 3.05) is 0 Å². The highest BCUT2D eigenvalue weighted by Gasteiger charge is 2.01. The SMILES string of the molecule is Brc1ccccc1CSCc1ccccc1Br. The summed E-state index contributed by atoms with van der Waals surface area (Å²) in [5, 5.41) is 0. The van der Waals surface area contributed by atoms with E-state index in [1.165, 1.54) is 20.1 Å². The molecule has 0 unspecified atom stereocenters. The molecule has 0 bridgehead atoms. The number of benzene rings is 2. The second-order valence-electron chi connectivity index (χ2n) is 3.68. The Morgan fingerprint density at radius 2 is 1.12 bits per heavy atom. The molecule has 0 aliphatic carbocycles. The summed E-state index contributed by atoms with van der Waals surface area (Å²) in [7, 11) is 0. The normalized spacial score (nSPS) is 10.5. The van der Waals surface area contributed by atoms with Gasteiger partial charge in [0, 0.05) is 20.5 Å². The van der Waals surface area contributed by atoms with Crippen LogP contribution in [0.5, 0.6) is 0 Å². The molecular weight excluding hydrogens is 360 g/mol. The molecule has 17 heavy (non-hydrogen) atoms. The zero-order valence-electron chi connectivity index (χ0n) is 9.20. The molecule has 0 aromatic heterocycles. The van der Waals surface area contributed by atoms with Crippen LogP contribution in [-0.2, 0) is 11.5 Å². The zero-order chi connectivity index (χ0) is 12.1. The van der Waals surface area contributed by atoms with Crippen molar-refractivity contribution in [3.8, 4) is 0 Å². The van der Waals surface area contributed by atoms with Crippen molar-refractivity contribution in [3.05, 3.63) is 68.6 Å². The maximum atomic E-state index is 3.57. The van der Waals surface area contributed by atoms with Crippen LogP contribution in [0.1, 0.15) is 11.1 Å². The second kappa shape index (κ2) is 6.62. The maximum Gasteiger partial charge on any atom is 0.0215 e.